The zero-order chi connectivity index (χ0) is 16.6. The number of rotatable bonds is 4. The molecule has 1 fully saturated rings. The number of benzene rings is 1. The quantitative estimate of drug-likeness (QED) is 0.928. The topological polar surface area (TPSA) is 67.2 Å². The normalized spacial score (nSPS) is 16.1. The number of likely N-dealkylation sites (tertiary alicyclic amines) is 1. The molecule has 0 saturated carbocycles. The minimum Gasteiger partial charge on any atom is -0.349 e. The van der Waals surface area contributed by atoms with Crippen molar-refractivity contribution in [2.45, 2.75) is 32.4 Å². The second-order valence-corrected chi connectivity index (χ2v) is 6.20. The highest BCUT2D eigenvalue weighted by Crippen LogP contribution is 2.26. The van der Waals surface area contributed by atoms with Crippen molar-refractivity contribution >= 4 is 34.3 Å². The summed E-state index contributed by atoms with van der Waals surface area (Å²) >= 11 is 6.26. The lowest BCUT2D eigenvalue weighted by molar-refractivity contribution is -0.136. The van der Waals surface area contributed by atoms with E-state index in [2.05, 4.69) is 10.4 Å². The molecule has 2 aromatic rings. The molecule has 0 aliphatic carbocycles. The maximum absolute atomic E-state index is 12.3. The fourth-order valence-electron chi connectivity index (χ4n) is 3.02. The Morgan fingerprint density at radius 1 is 1.48 bits per heavy atom. The minimum atomic E-state index is -0.463. The summed E-state index contributed by atoms with van der Waals surface area (Å²) in [6.45, 7) is 2.68. The van der Waals surface area contributed by atoms with Crippen LogP contribution in [0.5, 0.6) is 0 Å². The van der Waals surface area contributed by atoms with Crippen LogP contribution >= 0.6 is 11.6 Å². The molecule has 1 N–H and O–H groups in total. The molecule has 0 unspecified atom stereocenters. The Balaban J connectivity index is 1.73. The van der Waals surface area contributed by atoms with Crippen LogP contribution in [-0.2, 0) is 23.2 Å². The zero-order valence-corrected chi connectivity index (χ0v) is 13.9. The van der Waals surface area contributed by atoms with Crippen LogP contribution < -0.4 is 5.32 Å². The molecule has 2 amide bonds. The molecule has 6 nitrogen and oxygen atoms in total. The summed E-state index contributed by atoms with van der Waals surface area (Å²) in [5, 5.41) is 8.76. The largest absolute Gasteiger partial charge is 0.349 e. The maximum atomic E-state index is 12.3. The van der Waals surface area contributed by atoms with Crippen LogP contribution in [0, 0.1) is 0 Å². The van der Waals surface area contributed by atoms with Crippen molar-refractivity contribution in [1.29, 1.82) is 0 Å². The van der Waals surface area contributed by atoms with Crippen LogP contribution in [0.1, 0.15) is 25.5 Å². The Kier molecular flexibility index (Phi) is 4.26. The number of hydrogen-bond acceptors (Lipinski definition) is 3. The van der Waals surface area contributed by atoms with Crippen molar-refractivity contribution in [3.8, 4) is 0 Å². The van der Waals surface area contributed by atoms with E-state index >= 15 is 0 Å². The third kappa shape index (κ3) is 2.91. The molecular formula is C16H19ClN4O2. The van der Waals surface area contributed by atoms with Gasteiger partial charge in [0.2, 0.25) is 11.8 Å². The maximum Gasteiger partial charge on any atom is 0.242 e. The highest BCUT2D eigenvalue weighted by Gasteiger charge is 2.29. The smallest absolute Gasteiger partial charge is 0.242 e. The molecule has 3 rings (SSSR count). The van der Waals surface area contributed by atoms with E-state index in [0.29, 0.717) is 18.0 Å². The molecule has 2 heterocycles. The van der Waals surface area contributed by atoms with Gasteiger partial charge in [0.15, 0.2) is 0 Å². The molecule has 0 radical (unpaired) electrons. The first kappa shape index (κ1) is 15.8. The molecule has 1 aromatic carbocycles. The Labute approximate surface area is 139 Å². The van der Waals surface area contributed by atoms with Gasteiger partial charge in [0.25, 0.3) is 0 Å². The van der Waals surface area contributed by atoms with Gasteiger partial charge in [-0.25, -0.2) is 0 Å². The van der Waals surface area contributed by atoms with Crippen LogP contribution in [-0.4, -0.2) is 39.1 Å². The first-order valence-electron chi connectivity index (χ1n) is 7.66. The molecular weight excluding hydrogens is 316 g/mol. The third-order valence-electron chi connectivity index (χ3n) is 4.29. The first-order valence-corrected chi connectivity index (χ1v) is 8.04. The molecule has 7 heteroatoms. The zero-order valence-electron chi connectivity index (χ0n) is 13.2. The summed E-state index contributed by atoms with van der Waals surface area (Å²) in [5.74, 6) is -0.134. The van der Waals surface area contributed by atoms with Gasteiger partial charge in [-0.3, -0.25) is 14.3 Å². The van der Waals surface area contributed by atoms with Gasteiger partial charge in [-0.05, 0) is 25.5 Å². The number of amides is 2. The Bertz CT molecular complexity index is 771. The molecule has 122 valence electrons. The van der Waals surface area contributed by atoms with Gasteiger partial charge < -0.3 is 10.2 Å². The molecule has 1 saturated heterocycles. The van der Waals surface area contributed by atoms with Crippen molar-refractivity contribution in [3.05, 3.63) is 28.9 Å². The van der Waals surface area contributed by atoms with Crippen LogP contribution in [0.4, 0.5) is 0 Å². The highest BCUT2D eigenvalue weighted by molar-refractivity contribution is 6.35. The number of nitrogens with one attached hydrogen (secondary N) is 1. The summed E-state index contributed by atoms with van der Waals surface area (Å²) in [6, 6.07) is 5.15. The number of nitrogens with zero attached hydrogens (tertiary/aromatic N) is 3. The number of fused-ring (bicyclic) bond motifs is 1. The van der Waals surface area contributed by atoms with Crippen molar-refractivity contribution in [2.24, 2.45) is 7.05 Å². The van der Waals surface area contributed by atoms with Crippen LogP contribution in [0.25, 0.3) is 10.9 Å². The lowest BCUT2D eigenvalue weighted by atomic mass is 10.2. The average molecular weight is 335 g/mol. The van der Waals surface area contributed by atoms with E-state index in [1.165, 1.54) is 0 Å². The molecule has 1 atom stereocenters. The predicted octanol–water partition coefficient (Wildman–Crippen LogP) is 1.85. The van der Waals surface area contributed by atoms with E-state index in [-0.39, 0.29) is 18.4 Å². The second kappa shape index (κ2) is 6.20. The number of hydrogen-bond donors (Lipinski definition) is 1. The van der Waals surface area contributed by atoms with E-state index in [1.54, 1.807) is 16.5 Å². The monoisotopic (exact) mass is 334 g/mol. The third-order valence-corrected chi connectivity index (χ3v) is 4.60. The molecule has 1 aliphatic rings. The van der Waals surface area contributed by atoms with Crippen molar-refractivity contribution in [3.63, 3.8) is 0 Å². The van der Waals surface area contributed by atoms with Crippen molar-refractivity contribution in [2.75, 3.05) is 6.54 Å². The lowest BCUT2D eigenvalue weighted by Crippen LogP contribution is -2.45. The molecule has 23 heavy (non-hydrogen) atoms. The van der Waals surface area contributed by atoms with E-state index < -0.39 is 6.04 Å². The van der Waals surface area contributed by atoms with E-state index in [9.17, 15) is 9.59 Å². The van der Waals surface area contributed by atoms with Crippen molar-refractivity contribution in [1.82, 2.24) is 20.0 Å². The minimum absolute atomic E-state index is 0.0407. The fourth-order valence-corrected chi connectivity index (χ4v) is 3.29. The summed E-state index contributed by atoms with van der Waals surface area (Å²) in [4.78, 5) is 25.7. The van der Waals surface area contributed by atoms with Crippen LogP contribution in [0.3, 0.4) is 0 Å². The summed E-state index contributed by atoms with van der Waals surface area (Å²) < 4.78 is 1.75. The summed E-state index contributed by atoms with van der Waals surface area (Å²) in [6.07, 6.45) is 1.34. The summed E-state index contributed by atoms with van der Waals surface area (Å²) in [5.41, 5.74) is 1.64. The van der Waals surface area contributed by atoms with Gasteiger partial charge in [0.05, 0.1) is 22.8 Å². The van der Waals surface area contributed by atoms with Gasteiger partial charge in [-0.1, -0.05) is 17.7 Å². The average Bonchev–Trinajstić information content (AvgIpc) is 3.09. The number of aryl methyl sites for hydroxylation is 1. The van der Waals surface area contributed by atoms with E-state index in [1.807, 2.05) is 25.2 Å². The molecule has 1 aliphatic heterocycles. The van der Waals surface area contributed by atoms with Gasteiger partial charge in [-0.2, -0.15) is 5.10 Å². The second-order valence-electron chi connectivity index (χ2n) is 5.79. The van der Waals surface area contributed by atoms with Crippen LogP contribution in [0.15, 0.2) is 18.2 Å². The molecule has 0 bridgehead atoms. The molecule has 0 spiro atoms. The first-order chi connectivity index (χ1) is 11.0. The standard InChI is InChI=1S/C16H19ClN4O2/c1-10(21-8-4-7-14(21)22)16(23)18-9-12-15-11(17)5-3-6-13(15)20(2)19-12/h3,5-6,10H,4,7-9H2,1-2H3,(H,18,23)/t10-/m1/s1. The van der Waals surface area contributed by atoms with Gasteiger partial charge in [-0.15, -0.1) is 0 Å². The summed E-state index contributed by atoms with van der Waals surface area (Å²) in [7, 11) is 1.84. The lowest BCUT2D eigenvalue weighted by Gasteiger charge is -2.23. The van der Waals surface area contributed by atoms with E-state index in [4.69, 9.17) is 11.6 Å². The Morgan fingerprint density at radius 3 is 2.96 bits per heavy atom. The number of aromatic nitrogens is 2. The fraction of sp³-hybridized carbons (Fsp3) is 0.438. The van der Waals surface area contributed by atoms with E-state index in [0.717, 1.165) is 23.0 Å². The van der Waals surface area contributed by atoms with Gasteiger partial charge in [0, 0.05) is 25.4 Å². The van der Waals surface area contributed by atoms with Crippen molar-refractivity contribution < 1.29 is 9.59 Å². The number of halogens is 1. The Hall–Kier alpha value is -2.08. The Morgan fingerprint density at radius 2 is 2.26 bits per heavy atom. The number of carbonyl (C=O) groups excluding carboxylic acids is 2. The highest BCUT2D eigenvalue weighted by atomic mass is 35.5. The number of carbonyl (C=O) groups is 2. The van der Waals surface area contributed by atoms with Gasteiger partial charge in [0.1, 0.15) is 6.04 Å². The SMILES string of the molecule is C[C@H](C(=O)NCc1nn(C)c2cccc(Cl)c12)N1CCCC1=O. The molecule has 1 aromatic heterocycles. The van der Waals surface area contributed by atoms with Crippen LogP contribution in [0.2, 0.25) is 5.02 Å². The van der Waals surface area contributed by atoms with Gasteiger partial charge >= 0.3 is 0 Å². The predicted molar refractivity (Wildman–Crippen MR) is 88.0 cm³/mol.